The molecule has 1 rings (SSSR count). The van der Waals surface area contributed by atoms with E-state index in [2.05, 4.69) is 103 Å². The second kappa shape index (κ2) is 126. The predicted octanol–water partition coefficient (Wildman–Crippen LogP) is 4.34. The molecule has 0 aromatic heterocycles. The zero-order valence-electron chi connectivity index (χ0n) is 71.3. The molecule has 650 valence electrons. The Labute approximate surface area is 643 Å². The van der Waals surface area contributed by atoms with Crippen LogP contribution in [0.15, 0.2) is 0 Å². The number of aliphatic hydroxyl groups excluding tert-OH is 12. The molecule has 104 heavy (non-hydrogen) atoms. The van der Waals surface area contributed by atoms with Gasteiger partial charge in [-0.15, -0.1) is 0 Å². The number of nitrogens with one attached hydrogen (secondary N) is 5. The van der Waals surface area contributed by atoms with E-state index in [0.717, 1.165) is 142 Å². The highest BCUT2D eigenvalue weighted by Crippen LogP contribution is 2.16. The summed E-state index contributed by atoms with van der Waals surface area (Å²) in [4.78, 5) is 0. The molecule has 0 aromatic carbocycles. The fraction of sp³-hybridized carbons (Fsp3) is 1.00. The van der Waals surface area contributed by atoms with Gasteiger partial charge in [0.1, 0.15) is 0 Å². The smallest absolute Gasteiger partial charge is 0.0698 e. The van der Waals surface area contributed by atoms with Crippen LogP contribution >= 0.6 is 0 Å². The minimum Gasteiger partial charge on any atom is -0.396 e. The maximum absolute atomic E-state index is 8.97. The summed E-state index contributed by atoms with van der Waals surface area (Å²) in [6, 6.07) is 0.551. The van der Waals surface area contributed by atoms with Crippen LogP contribution in [0.4, 0.5) is 0 Å². The van der Waals surface area contributed by atoms with Gasteiger partial charge in [-0.1, -0.05) is 161 Å². The van der Waals surface area contributed by atoms with Crippen LogP contribution in [0.3, 0.4) is 0 Å². The van der Waals surface area contributed by atoms with Crippen LogP contribution in [0.1, 0.15) is 277 Å². The minimum absolute atomic E-state index is 0.0604. The molecule has 0 radical (unpaired) electrons. The van der Waals surface area contributed by atoms with Crippen LogP contribution in [0.5, 0.6) is 0 Å². The van der Waals surface area contributed by atoms with Gasteiger partial charge in [0.2, 0.25) is 0 Å². The van der Waals surface area contributed by atoms with Gasteiger partial charge in [0.05, 0.1) is 82.7 Å². The Hall–Kier alpha value is -1.08. The zero-order chi connectivity index (χ0) is 83.1. The molecular formula is C77H194N14O13. The molecule has 0 spiro atoms. The molecule has 0 unspecified atom stereocenters. The lowest BCUT2D eigenvalue weighted by atomic mass is 9.94. The lowest BCUT2D eigenvalue weighted by Crippen LogP contribution is -2.46. The van der Waals surface area contributed by atoms with E-state index < -0.39 is 17.1 Å². The molecule has 0 amide bonds. The molecule has 1 aliphatic carbocycles. The SMILES string of the molecule is CC(C)(CN)CO.CC(C)CCCNC(C)C.CC(N)(CO)CO.CCC(N)(CO)CO.CCCCCCC.CCCCCNCC.CCCCNC.CCNCCCNCC.NC(CO)CO.NC1CCC(O)CC1.NCCCCCCO.NCCCCCO.NCCCCO.NCCOCCO. The van der Waals surface area contributed by atoms with Gasteiger partial charge in [-0.05, 0) is 208 Å². The van der Waals surface area contributed by atoms with E-state index in [4.69, 9.17) is 118 Å². The lowest BCUT2D eigenvalue weighted by molar-refractivity contribution is 0.0976. The first-order chi connectivity index (χ1) is 49.5. The quantitative estimate of drug-likeness (QED) is 0.0377. The summed E-state index contributed by atoms with van der Waals surface area (Å²) in [6.45, 7) is 45.1. The van der Waals surface area contributed by atoms with E-state index in [9.17, 15) is 0 Å². The monoisotopic (exact) mass is 1520 g/mol. The normalized spacial score (nSPS) is 12.6. The Morgan fingerprint density at radius 3 is 1.06 bits per heavy atom. The lowest BCUT2D eigenvalue weighted by Gasteiger charge is -2.21. The van der Waals surface area contributed by atoms with Gasteiger partial charge in [0.25, 0.3) is 0 Å². The van der Waals surface area contributed by atoms with Crippen LogP contribution in [-0.2, 0) is 4.74 Å². The molecule has 1 aliphatic rings. The molecule has 35 N–H and O–H groups in total. The number of rotatable bonds is 48. The summed E-state index contributed by atoms with van der Waals surface area (Å²) in [5, 5.41) is 116. The fourth-order valence-electron chi connectivity index (χ4n) is 6.40. The first-order valence-corrected chi connectivity index (χ1v) is 40.5. The molecule has 0 aromatic rings. The van der Waals surface area contributed by atoms with Gasteiger partial charge in [-0.3, -0.25) is 0 Å². The minimum atomic E-state index is -0.806. The molecule has 0 heterocycles. The van der Waals surface area contributed by atoms with Crippen molar-refractivity contribution in [3.63, 3.8) is 0 Å². The van der Waals surface area contributed by atoms with Crippen LogP contribution in [0.25, 0.3) is 0 Å². The summed E-state index contributed by atoms with van der Waals surface area (Å²) < 4.78 is 4.76. The molecule has 1 fully saturated rings. The van der Waals surface area contributed by atoms with Crippen molar-refractivity contribution in [1.29, 1.82) is 0 Å². The predicted molar refractivity (Wildman–Crippen MR) is 450 cm³/mol. The molecule has 0 bridgehead atoms. The van der Waals surface area contributed by atoms with Gasteiger partial charge < -0.3 is 144 Å². The summed E-state index contributed by atoms with van der Waals surface area (Å²) in [5.41, 5.74) is 45.4. The van der Waals surface area contributed by atoms with E-state index in [-0.39, 0.29) is 71.0 Å². The number of nitrogens with two attached hydrogens (primary N) is 9. The van der Waals surface area contributed by atoms with Gasteiger partial charge in [0, 0.05) is 50.5 Å². The average Bonchev–Trinajstić information content (AvgIpc) is 1.41. The third-order valence-electron chi connectivity index (χ3n) is 14.2. The maximum Gasteiger partial charge on any atom is 0.0698 e. The Kier molecular flexibility index (Phi) is 160. The van der Waals surface area contributed by atoms with Gasteiger partial charge in [-0.25, -0.2) is 0 Å². The van der Waals surface area contributed by atoms with E-state index in [1.165, 1.54) is 96.6 Å². The van der Waals surface area contributed by atoms with E-state index in [1.54, 1.807) is 6.92 Å². The van der Waals surface area contributed by atoms with Crippen molar-refractivity contribution in [2.75, 3.05) is 178 Å². The summed E-state index contributed by atoms with van der Waals surface area (Å²) in [7, 11) is 1.98. The maximum atomic E-state index is 8.97. The van der Waals surface area contributed by atoms with Crippen molar-refractivity contribution in [2.24, 2.45) is 62.9 Å². The number of aliphatic hydroxyl groups is 12. The van der Waals surface area contributed by atoms with Gasteiger partial charge in [0.15, 0.2) is 0 Å². The Morgan fingerprint density at radius 2 is 0.817 bits per heavy atom. The third-order valence-corrected chi connectivity index (χ3v) is 14.2. The van der Waals surface area contributed by atoms with Crippen molar-refractivity contribution in [3.05, 3.63) is 0 Å². The summed E-state index contributed by atoms with van der Waals surface area (Å²) in [5.74, 6) is 0.856. The molecule has 0 atom stereocenters. The number of ether oxygens (including phenoxy) is 1. The molecule has 1 saturated carbocycles. The first kappa shape index (κ1) is 132. The largest absolute Gasteiger partial charge is 0.396 e. The van der Waals surface area contributed by atoms with Crippen molar-refractivity contribution >= 4 is 0 Å². The van der Waals surface area contributed by atoms with E-state index in [1.807, 2.05) is 27.8 Å². The molecule has 27 nitrogen and oxygen atoms in total. The Bertz CT molecular complexity index is 1150. The Balaban J connectivity index is -0.0000000781. The summed E-state index contributed by atoms with van der Waals surface area (Å²) >= 11 is 0. The van der Waals surface area contributed by atoms with Crippen LogP contribution in [0, 0.1) is 11.3 Å². The highest BCUT2D eigenvalue weighted by Gasteiger charge is 2.19. The standard InChI is InChI=1S/C9H21N.C7H18N2.C7H17N.C7H16.C6H13NO.C6H15NO.C5H13NO2.2C5H13NO.C5H13N.2C4H11NO2.C4H11NO.C3H9NO2/c1-8(2)6-5-7-10-9(3)4;1-3-8-6-5-7-9-4-2;1-3-5-6-7-8-4-2;1-3-5-7-6-4-2;7-5-1-3-6(8)4-2-5;7-5-3-1-2-4-6-8;1-2-5(6,3-7)4-8;1-5(2,3-6)4-7;6-4-2-1-3-5-7;1-3-4-5-6-2;1-4(5,2-6)3-7;5-1-3-7-4-2-6;5-3-1-2-4-6;4-3(1-5)2-6/h8-10H,5-7H2,1-4H3;8-9H,3-7H2,1-2H3;8H,3-7H2,1-2H3;3-7H2,1-2H3;5-6,8H,1-4,7H2;8H,1-7H2;7-8H,2-4,6H2,1H3;7H,3-4,6H2,1-2H3;7H,1-6H2;6H,3-5H2,1-2H3;6-7H,2-3,5H2,1H3;6H,1-5H2;6H,1-5H2;3,5-6H,1-2,4H2. The van der Waals surface area contributed by atoms with Gasteiger partial charge >= 0.3 is 0 Å². The highest BCUT2D eigenvalue weighted by molar-refractivity contribution is 4.80. The molecular weight excluding hydrogens is 1330 g/mol. The second-order valence-corrected chi connectivity index (χ2v) is 27.4. The molecule has 0 saturated heterocycles. The number of unbranched alkanes of at least 4 members (excludes halogenated alkanes) is 13. The number of hydrogen-bond acceptors (Lipinski definition) is 27. The van der Waals surface area contributed by atoms with E-state index in [0.29, 0.717) is 64.6 Å². The summed E-state index contributed by atoms with van der Waals surface area (Å²) in [6.07, 6.45) is 31.0. The van der Waals surface area contributed by atoms with Crippen molar-refractivity contribution in [3.8, 4) is 0 Å². The van der Waals surface area contributed by atoms with Crippen LogP contribution in [-0.4, -0.2) is 275 Å². The number of hydrogen-bond donors (Lipinski definition) is 26. The van der Waals surface area contributed by atoms with Crippen molar-refractivity contribution < 1.29 is 66.0 Å². The van der Waals surface area contributed by atoms with E-state index >= 15 is 0 Å². The highest BCUT2D eigenvalue weighted by atomic mass is 16.5. The zero-order valence-corrected chi connectivity index (χ0v) is 71.3. The average molecular weight is 1520 g/mol. The second-order valence-electron chi connectivity index (χ2n) is 27.4. The fourth-order valence-corrected chi connectivity index (χ4v) is 6.40. The third kappa shape index (κ3) is 180. The molecule has 0 aliphatic heterocycles. The van der Waals surface area contributed by atoms with Crippen LogP contribution in [0.2, 0.25) is 0 Å². The van der Waals surface area contributed by atoms with Crippen molar-refractivity contribution in [1.82, 2.24) is 26.6 Å². The Morgan fingerprint density at radius 1 is 0.433 bits per heavy atom. The van der Waals surface area contributed by atoms with Crippen molar-refractivity contribution in [2.45, 2.75) is 313 Å². The topological polar surface area (TPSA) is 546 Å². The molecule has 27 heteroatoms. The van der Waals surface area contributed by atoms with Crippen LogP contribution < -0.4 is 78.2 Å². The van der Waals surface area contributed by atoms with Gasteiger partial charge in [-0.2, -0.15) is 0 Å². The first-order valence-electron chi connectivity index (χ1n) is 40.5.